The van der Waals surface area contributed by atoms with Crippen molar-refractivity contribution in [1.82, 2.24) is 5.32 Å². The Kier molecular flexibility index (Phi) is 7.86. The predicted molar refractivity (Wildman–Crippen MR) is 107 cm³/mol. The van der Waals surface area contributed by atoms with E-state index in [-0.39, 0.29) is 18.9 Å². The van der Waals surface area contributed by atoms with Gasteiger partial charge >= 0.3 is 12.1 Å². The number of allylic oxidation sites excluding steroid dienone is 4. The first kappa shape index (κ1) is 20.5. The lowest BCUT2D eigenvalue weighted by molar-refractivity contribution is -0.137. The summed E-state index contributed by atoms with van der Waals surface area (Å²) in [4.78, 5) is 22.4. The molecular weight excluding hydrogens is 342 g/mol. The van der Waals surface area contributed by atoms with E-state index in [0.717, 1.165) is 29.6 Å². The molecule has 0 saturated carbocycles. The largest absolute Gasteiger partial charge is 0.481 e. The van der Waals surface area contributed by atoms with Crippen molar-refractivity contribution in [2.75, 3.05) is 13.2 Å². The van der Waals surface area contributed by atoms with Crippen molar-refractivity contribution in [3.05, 3.63) is 65.8 Å². The number of carbonyl (C=O) groups is 2. The van der Waals surface area contributed by atoms with Crippen LogP contribution in [0.1, 0.15) is 49.7 Å². The number of hydrogen-bond donors (Lipinski definition) is 2. The molecule has 1 aliphatic rings. The van der Waals surface area contributed by atoms with Gasteiger partial charge in [0.1, 0.15) is 6.61 Å². The lowest BCUT2D eigenvalue weighted by Crippen LogP contribution is -2.27. The minimum Gasteiger partial charge on any atom is -0.481 e. The first-order valence-corrected chi connectivity index (χ1v) is 9.29. The Labute approximate surface area is 160 Å². The quantitative estimate of drug-likeness (QED) is 0.620. The van der Waals surface area contributed by atoms with Crippen LogP contribution in [0.5, 0.6) is 0 Å². The standard InChI is InChI=1S/C22H27NO4/c1-3-10-17-16(4-2)18-11-7-8-12-19(18)20(17)15-27-22(26)23-14-9-5-6-13-21(24)25/h3-4,7-8,10-12,20H,1,5-6,9,13-15H2,2H3,(H,23,26)(H,24,25)/b16-4+,17-10+. The molecule has 2 rings (SSSR count). The van der Waals surface area contributed by atoms with Gasteiger partial charge in [-0.25, -0.2) is 4.79 Å². The highest BCUT2D eigenvalue weighted by molar-refractivity contribution is 5.88. The van der Waals surface area contributed by atoms with Gasteiger partial charge in [-0.05, 0) is 42.0 Å². The van der Waals surface area contributed by atoms with Crippen LogP contribution in [0.4, 0.5) is 4.79 Å². The summed E-state index contributed by atoms with van der Waals surface area (Å²) in [6.07, 6.45) is 7.64. The van der Waals surface area contributed by atoms with Crippen molar-refractivity contribution in [2.45, 2.75) is 38.5 Å². The van der Waals surface area contributed by atoms with Gasteiger partial charge < -0.3 is 15.2 Å². The van der Waals surface area contributed by atoms with Gasteiger partial charge in [-0.3, -0.25) is 4.79 Å². The number of benzene rings is 1. The number of alkyl carbamates (subject to hydrolysis) is 1. The Morgan fingerprint density at radius 3 is 2.74 bits per heavy atom. The van der Waals surface area contributed by atoms with Crippen LogP contribution in [0.25, 0.3) is 5.57 Å². The Morgan fingerprint density at radius 1 is 1.26 bits per heavy atom. The van der Waals surface area contributed by atoms with E-state index in [0.29, 0.717) is 13.0 Å². The number of rotatable bonds is 9. The van der Waals surface area contributed by atoms with Crippen molar-refractivity contribution in [3.8, 4) is 0 Å². The Hall–Kier alpha value is -2.82. The SMILES string of the molecule is C=C/C=C1\C(=C/C)c2ccccc2C1COC(=O)NCCCCCC(=O)O. The highest BCUT2D eigenvalue weighted by Crippen LogP contribution is 2.45. The fraction of sp³-hybridized carbons (Fsp3) is 0.364. The average Bonchev–Trinajstić information content (AvgIpc) is 2.95. The van der Waals surface area contributed by atoms with Crippen molar-refractivity contribution in [1.29, 1.82) is 0 Å². The van der Waals surface area contributed by atoms with Gasteiger partial charge in [-0.1, -0.05) is 55.5 Å². The minimum atomic E-state index is -0.789. The van der Waals surface area contributed by atoms with Crippen molar-refractivity contribution < 1.29 is 19.4 Å². The molecule has 1 atom stereocenters. The molecule has 1 aliphatic carbocycles. The molecule has 1 amide bonds. The average molecular weight is 369 g/mol. The van der Waals surface area contributed by atoms with E-state index in [9.17, 15) is 9.59 Å². The van der Waals surface area contributed by atoms with Crippen LogP contribution in [-0.2, 0) is 9.53 Å². The zero-order chi connectivity index (χ0) is 19.6. The Morgan fingerprint density at radius 2 is 2.04 bits per heavy atom. The van der Waals surface area contributed by atoms with Crippen LogP contribution in [-0.4, -0.2) is 30.3 Å². The first-order valence-electron chi connectivity index (χ1n) is 9.29. The van der Waals surface area contributed by atoms with E-state index in [2.05, 4.69) is 30.1 Å². The van der Waals surface area contributed by atoms with E-state index in [1.165, 1.54) is 5.56 Å². The van der Waals surface area contributed by atoms with Crippen LogP contribution in [0.2, 0.25) is 0 Å². The number of hydrogen-bond acceptors (Lipinski definition) is 3. The first-order chi connectivity index (χ1) is 13.1. The van der Waals surface area contributed by atoms with Crippen LogP contribution in [0, 0.1) is 0 Å². The van der Waals surface area contributed by atoms with E-state index in [1.807, 2.05) is 25.1 Å². The fourth-order valence-electron chi connectivity index (χ4n) is 3.37. The number of ether oxygens (including phenoxy) is 1. The highest BCUT2D eigenvalue weighted by atomic mass is 16.5. The fourth-order valence-corrected chi connectivity index (χ4v) is 3.37. The number of carboxylic acid groups (broad SMARTS) is 1. The lowest BCUT2D eigenvalue weighted by Gasteiger charge is -2.15. The zero-order valence-corrected chi connectivity index (χ0v) is 15.7. The second-order valence-electron chi connectivity index (χ2n) is 6.43. The Bertz CT molecular complexity index is 748. The maximum atomic E-state index is 12.0. The molecule has 0 fully saturated rings. The molecule has 0 aliphatic heterocycles. The molecule has 5 heteroatoms. The topological polar surface area (TPSA) is 75.6 Å². The number of unbranched alkanes of at least 4 members (excludes halogenated alkanes) is 2. The van der Waals surface area contributed by atoms with Gasteiger partial charge in [0.15, 0.2) is 0 Å². The maximum absolute atomic E-state index is 12.0. The molecule has 1 unspecified atom stereocenters. The van der Waals surface area contributed by atoms with E-state index in [4.69, 9.17) is 9.84 Å². The number of carbonyl (C=O) groups excluding carboxylic acids is 1. The summed E-state index contributed by atoms with van der Waals surface area (Å²) in [5.74, 6) is -0.796. The molecular formula is C22H27NO4. The van der Waals surface area contributed by atoms with Gasteiger partial charge in [0.2, 0.25) is 0 Å². The molecule has 0 spiro atoms. The van der Waals surface area contributed by atoms with Gasteiger partial charge in [-0.2, -0.15) is 0 Å². The monoisotopic (exact) mass is 369 g/mol. The number of amides is 1. The van der Waals surface area contributed by atoms with Gasteiger partial charge in [0.25, 0.3) is 0 Å². The zero-order valence-electron chi connectivity index (χ0n) is 15.7. The summed E-state index contributed by atoms with van der Waals surface area (Å²) in [6.45, 7) is 6.55. The van der Waals surface area contributed by atoms with Crippen molar-refractivity contribution in [3.63, 3.8) is 0 Å². The maximum Gasteiger partial charge on any atom is 0.407 e. The summed E-state index contributed by atoms with van der Waals surface area (Å²) in [7, 11) is 0. The molecule has 27 heavy (non-hydrogen) atoms. The van der Waals surface area contributed by atoms with Gasteiger partial charge in [0, 0.05) is 18.9 Å². The summed E-state index contributed by atoms with van der Waals surface area (Å²) >= 11 is 0. The van der Waals surface area contributed by atoms with Gasteiger partial charge in [0.05, 0.1) is 0 Å². The van der Waals surface area contributed by atoms with Crippen molar-refractivity contribution >= 4 is 17.6 Å². The normalized spacial score (nSPS) is 18.3. The number of aliphatic carboxylic acids is 1. The molecule has 0 radical (unpaired) electrons. The third-order valence-electron chi connectivity index (χ3n) is 4.62. The number of carboxylic acids is 1. The molecule has 0 aromatic heterocycles. The lowest BCUT2D eigenvalue weighted by atomic mass is 9.97. The summed E-state index contributed by atoms with van der Waals surface area (Å²) in [6, 6.07) is 8.15. The molecule has 0 bridgehead atoms. The molecule has 0 saturated heterocycles. The summed E-state index contributed by atoms with van der Waals surface area (Å²) < 4.78 is 5.45. The third kappa shape index (κ3) is 5.58. The molecule has 0 heterocycles. The van der Waals surface area contributed by atoms with Crippen LogP contribution in [0.3, 0.4) is 0 Å². The minimum absolute atomic E-state index is 0.00767. The molecule has 1 aromatic rings. The van der Waals surface area contributed by atoms with E-state index >= 15 is 0 Å². The summed E-state index contributed by atoms with van der Waals surface area (Å²) in [5.41, 5.74) is 4.58. The number of fused-ring (bicyclic) bond motifs is 1. The van der Waals surface area contributed by atoms with Crippen molar-refractivity contribution in [2.24, 2.45) is 0 Å². The smallest absolute Gasteiger partial charge is 0.407 e. The molecule has 1 aromatic carbocycles. The van der Waals surface area contributed by atoms with E-state index < -0.39 is 12.1 Å². The molecule has 144 valence electrons. The third-order valence-corrected chi connectivity index (χ3v) is 4.62. The second-order valence-corrected chi connectivity index (χ2v) is 6.43. The second kappa shape index (κ2) is 10.4. The van der Waals surface area contributed by atoms with Crippen LogP contribution >= 0.6 is 0 Å². The summed E-state index contributed by atoms with van der Waals surface area (Å²) in [5, 5.41) is 11.3. The van der Waals surface area contributed by atoms with E-state index in [1.54, 1.807) is 6.08 Å². The predicted octanol–water partition coefficient (Wildman–Crippen LogP) is 4.67. The van der Waals surface area contributed by atoms with Crippen LogP contribution < -0.4 is 5.32 Å². The Balaban J connectivity index is 1.88. The van der Waals surface area contributed by atoms with Crippen LogP contribution in [0.15, 0.2) is 54.6 Å². The molecule has 2 N–H and O–H groups in total. The van der Waals surface area contributed by atoms with Gasteiger partial charge in [-0.15, -0.1) is 0 Å². The number of nitrogens with one attached hydrogen (secondary N) is 1. The highest BCUT2D eigenvalue weighted by Gasteiger charge is 2.31. The molecule has 5 nitrogen and oxygen atoms in total.